The van der Waals surface area contributed by atoms with Gasteiger partial charge in [-0.1, -0.05) is 196 Å². The lowest BCUT2D eigenvalue weighted by Gasteiger charge is -2.29. The minimum absolute atomic E-state index is 0.0617. The van der Waals surface area contributed by atoms with Crippen LogP contribution in [-0.4, -0.2) is 4.57 Å². The van der Waals surface area contributed by atoms with Gasteiger partial charge in [-0.15, -0.1) is 0 Å². The summed E-state index contributed by atoms with van der Waals surface area (Å²) in [6.07, 6.45) is 0. The minimum Gasteiger partial charge on any atom is -0.310 e. The maximum atomic E-state index is 2.45. The van der Waals surface area contributed by atoms with E-state index in [2.05, 4.69) is 266 Å². The highest BCUT2D eigenvalue weighted by molar-refractivity contribution is 6.12. The Hall–Kier alpha value is -8.46. The summed E-state index contributed by atoms with van der Waals surface area (Å²) in [5.74, 6) is 0. The minimum atomic E-state index is -0.0617. The predicted molar refractivity (Wildman–Crippen MR) is 284 cm³/mol. The first-order valence-electron chi connectivity index (χ1n) is 23.3. The van der Waals surface area contributed by atoms with Gasteiger partial charge < -0.3 is 9.47 Å². The fraction of sp³-hybridized carbons (Fsp3) is 0.0462. The summed E-state index contributed by atoms with van der Waals surface area (Å²) in [7, 11) is 0. The number of anilines is 3. The molecule has 0 aliphatic heterocycles. The van der Waals surface area contributed by atoms with Crippen molar-refractivity contribution in [2.45, 2.75) is 19.3 Å². The van der Waals surface area contributed by atoms with Crippen molar-refractivity contribution in [3.05, 3.63) is 254 Å². The molecule has 0 amide bonds. The van der Waals surface area contributed by atoms with Gasteiger partial charge in [-0.2, -0.15) is 0 Å². The normalized spacial score (nSPS) is 12.7. The Balaban J connectivity index is 0.975. The molecule has 0 radical (unpaired) electrons. The number of hydrogen-bond donors (Lipinski definition) is 0. The van der Waals surface area contributed by atoms with Crippen LogP contribution in [0.5, 0.6) is 0 Å². The molecule has 0 unspecified atom stereocenters. The van der Waals surface area contributed by atoms with E-state index in [1.807, 2.05) is 0 Å². The van der Waals surface area contributed by atoms with Crippen LogP contribution in [0.2, 0.25) is 0 Å². The van der Waals surface area contributed by atoms with Gasteiger partial charge >= 0.3 is 0 Å². The van der Waals surface area contributed by atoms with Gasteiger partial charge in [-0.25, -0.2) is 0 Å². The van der Waals surface area contributed by atoms with E-state index in [1.54, 1.807) is 0 Å². The predicted octanol–water partition coefficient (Wildman–Crippen LogP) is 17.9. The molecule has 13 rings (SSSR count). The first-order chi connectivity index (χ1) is 33.0. The molecule has 0 bridgehead atoms. The summed E-state index contributed by atoms with van der Waals surface area (Å²) in [4.78, 5) is 2.45. The average Bonchev–Trinajstić information content (AvgIpc) is 3.84. The lowest BCUT2D eigenvalue weighted by atomic mass is 9.82. The third-order valence-electron chi connectivity index (χ3n) is 14.4. The molecule has 0 N–H and O–H groups in total. The first-order valence-corrected chi connectivity index (χ1v) is 23.3. The molecule has 0 saturated carbocycles. The molecule has 0 spiro atoms. The number of para-hydroxylation sites is 3. The Morgan fingerprint density at radius 1 is 0.328 bits per heavy atom. The number of rotatable bonds is 7. The summed E-state index contributed by atoms with van der Waals surface area (Å²) in [6.45, 7) is 4.70. The molecule has 0 fully saturated rings. The van der Waals surface area contributed by atoms with E-state index in [1.165, 1.54) is 93.4 Å². The molecule has 67 heavy (non-hydrogen) atoms. The van der Waals surface area contributed by atoms with Crippen LogP contribution in [-0.2, 0) is 5.41 Å². The molecule has 316 valence electrons. The van der Waals surface area contributed by atoms with Crippen molar-refractivity contribution in [3.8, 4) is 50.2 Å². The summed E-state index contributed by atoms with van der Waals surface area (Å²) in [5.41, 5.74) is 19.3. The van der Waals surface area contributed by atoms with Crippen molar-refractivity contribution in [1.82, 2.24) is 4.57 Å². The largest absolute Gasteiger partial charge is 0.310 e. The Bertz CT molecular complexity index is 3890. The molecular weight excluding hydrogens is 809 g/mol. The highest BCUT2D eigenvalue weighted by Gasteiger charge is 2.35. The van der Waals surface area contributed by atoms with Gasteiger partial charge in [-0.05, 0) is 132 Å². The molecule has 12 aromatic rings. The van der Waals surface area contributed by atoms with E-state index in [4.69, 9.17) is 0 Å². The number of benzene rings is 11. The van der Waals surface area contributed by atoms with Crippen LogP contribution in [0.1, 0.15) is 25.0 Å². The number of aromatic nitrogens is 1. The topological polar surface area (TPSA) is 8.17 Å². The van der Waals surface area contributed by atoms with Gasteiger partial charge in [0.1, 0.15) is 0 Å². The highest BCUT2D eigenvalue weighted by atomic mass is 15.1. The molecule has 1 heterocycles. The molecule has 1 aliphatic carbocycles. The number of hydrogen-bond acceptors (Lipinski definition) is 1. The zero-order chi connectivity index (χ0) is 44.6. The molecule has 1 aromatic heterocycles. The van der Waals surface area contributed by atoms with E-state index in [-0.39, 0.29) is 5.41 Å². The molecule has 0 atom stereocenters. The summed E-state index contributed by atoms with van der Waals surface area (Å²) in [6, 6.07) is 89.5. The Morgan fingerprint density at radius 3 is 1.84 bits per heavy atom. The maximum Gasteiger partial charge on any atom is 0.0547 e. The van der Waals surface area contributed by atoms with Crippen molar-refractivity contribution < 1.29 is 0 Å². The molecule has 1 aliphatic rings. The van der Waals surface area contributed by atoms with Gasteiger partial charge in [0.05, 0.1) is 16.7 Å². The quantitative estimate of drug-likeness (QED) is 0.145. The average molecular weight is 855 g/mol. The second-order valence-corrected chi connectivity index (χ2v) is 18.5. The first kappa shape index (κ1) is 39.0. The van der Waals surface area contributed by atoms with Crippen molar-refractivity contribution in [1.29, 1.82) is 0 Å². The van der Waals surface area contributed by atoms with E-state index in [0.717, 1.165) is 28.3 Å². The van der Waals surface area contributed by atoms with Gasteiger partial charge in [0, 0.05) is 38.8 Å². The zero-order valence-corrected chi connectivity index (χ0v) is 37.5. The molecule has 2 heteroatoms. The lowest BCUT2D eigenvalue weighted by molar-refractivity contribution is 0.660. The van der Waals surface area contributed by atoms with Gasteiger partial charge in [0.2, 0.25) is 0 Å². The van der Waals surface area contributed by atoms with Gasteiger partial charge in [0.15, 0.2) is 0 Å². The second-order valence-electron chi connectivity index (χ2n) is 18.5. The molecule has 2 nitrogen and oxygen atoms in total. The SMILES string of the molecule is CC1(C)c2ccccc2-c2cc(-c3ccccc3N(c3ccc(-c4cccc5c4ccc4ccccc45)cc3)c3cccc(-c4ccc5c6ccccc6n(-c6ccccc6)c5c4)c3)ccc21. The van der Waals surface area contributed by atoms with Gasteiger partial charge in [0.25, 0.3) is 0 Å². The standard InChI is InChI=1S/C65H46N2/c1-65(2)60-27-11-8-23-56(60)59-41-47(34-39-61(59)65)53-22-9-12-28-62(53)66(49-35-30-44(31-36-49)52-25-15-26-54-51-21-7-6-16-43(51)32-37-55(52)54)50-20-14-17-45(40-50)46-33-38-58-57-24-10-13-29-63(57)67(64(58)42-46)48-18-4-3-5-19-48/h3-42H,1-2H3. The van der Waals surface area contributed by atoms with Crippen molar-refractivity contribution in [2.24, 2.45) is 0 Å². The van der Waals surface area contributed by atoms with Crippen LogP contribution in [0, 0.1) is 0 Å². The molecular formula is C65H46N2. The fourth-order valence-electron chi connectivity index (χ4n) is 11.1. The smallest absolute Gasteiger partial charge is 0.0547 e. The van der Waals surface area contributed by atoms with E-state index in [0.29, 0.717) is 0 Å². The zero-order valence-electron chi connectivity index (χ0n) is 37.5. The van der Waals surface area contributed by atoms with Crippen molar-refractivity contribution in [3.63, 3.8) is 0 Å². The van der Waals surface area contributed by atoms with Crippen LogP contribution in [0.25, 0.3) is 93.5 Å². The Kier molecular flexibility index (Phi) is 8.91. The second kappa shape index (κ2) is 15.3. The van der Waals surface area contributed by atoms with Crippen LogP contribution in [0.15, 0.2) is 243 Å². The highest BCUT2D eigenvalue weighted by Crippen LogP contribution is 2.51. The number of nitrogens with zero attached hydrogens (tertiary/aromatic N) is 2. The van der Waals surface area contributed by atoms with Crippen molar-refractivity contribution >= 4 is 60.4 Å². The van der Waals surface area contributed by atoms with E-state index < -0.39 is 0 Å². The van der Waals surface area contributed by atoms with E-state index in [9.17, 15) is 0 Å². The maximum absolute atomic E-state index is 2.45. The fourth-order valence-corrected chi connectivity index (χ4v) is 11.1. The van der Waals surface area contributed by atoms with Gasteiger partial charge in [-0.3, -0.25) is 0 Å². The third-order valence-corrected chi connectivity index (χ3v) is 14.4. The summed E-state index contributed by atoms with van der Waals surface area (Å²) >= 11 is 0. The number of fused-ring (bicyclic) bond motifs is 9. The Morgan fingerprint density at radius 2 is 0.955 bits per heavy atom. The van der Waals surface area contributed by atoms with Crippen LogP contribution < -0.4 is 4.90 Å². The summed E-state index contributed by atoms with van der Waals surface area (Å²) in [5, 5.41) is 7.57. The summed E-state index contributed by atoms with van der Waals surface area (Å²) < 4.78 is 2.40. The monoisotopic (exact) mass is 854 g/mol. The molecule has 0 saturated heterocycles. The van der Waals surface area contributed by atoms with Crippen LogP contribution in [0.4, 0.5) is 17.1 Å². The van der Waals surface area contributed by atoms with Crippen LogP contribution >= 0.6 is 0 Å². The molecule has 11 aromatic carbocycles. The van der Waals surface area contributed by atoms with Crippen molar-refractivity contribution in [2.75, 3.05) is 4.90 Å². The lowest BCUT2D eigenvalue weighted by Crippen LogP contribution is -2.14. The van der Waals surface area contributed by atoms with E-state index >= 15 is 0 Å². The third kappa shape index (κ3) is 6.25. The Labute approximate surface area is 391 Å². The van der Waals surface area contributed by atoms with Crippen LogP contribution in [0.3, 0.4) is 0 Å².